The highest BCUT2D eigenvalue weighted by Gasteiger charge is 2.08. The van der Waals surface area contributed by atoms with Crippen LogP contribution in [0.5, 0.6) is 0 Å². The van der Waals surface area contributed by atoms with E-state index in [0.717, 1.165) is 12.1 Å². The predicted octanol–water partition coefficient (Wildman–Crippen LogP) is 3.71. The average molecular weight is 191 g/mol. The monoisotopic (exact) mass is 191 g/mol. The molecule has 0 saturated carbocycles. The molecule has 0 aliphatic carbocycles. The number of hydrogen-bond donors (Lipinski definition) is 0. The number of nitrogens with zero attached hydrogens (tertiary/aromatic N) is 1. The Morgan fingerprint density at radius 3 is 2.36 bits per heavy atom. The van der Waals surface area contributed by atoms with Gasteiger partial charge in [0.05, 0.1) is 0 Å². The van der Waals surface area contributed by atoms with E-state index in [1.165, 1.54) is 11.1 Å². The van der Waals surface area contributed by atoms with Crippen molar-refractivity contribution in [2.24, 2.45) is 5.92 Å². The summed E-state index contributed by atoms with van der Waals surface area (Å²) in [4.78, 5) is 4.38. The summed E-state index contributed by atoms with van der Waals surface area (Å²) in [5, 5.41) is 0. The molecule has 0 unspecified atom stereocenters. The maximum absolute atomic E-state index is 4.38. The molecule has 0 aromatic carbocycles. The summed E-state index contributed by atoms with van der Waals surface area (Å²) in [6, 6.07) is 2.22. The van der Waals surface area contributed by atoms with E-state index in [1.807, 2.05) is 6.20 Å². The molecule has 1 aromatic rings. The van der Waals surface area contributed by atoms with Gasteiger partial charge in [0.1, 0.15) is 0 Å². The van der Waals surface area contributed by atoms with Gasteiger partial charge in [0, 0.05) is 11.9 Å². The van der Waals surface area contributed by atoms with Crippen LogP contribution in [-0.2, 0) is 6.42 Å². The van der Waals surface area contributed by atoms with Crippen LogP contribution in [0, 0.1) is 12.8 Å². The third kappa shape index (κ3) is 2.83. The summed E-state index contributed by atoms with van der Waals surface area (Å²) in [6.45, 7) is 11.1. The van der Waals surface area contributed by atoms with E-state index in [-0.39, 0.29) is 0 Å². The molecule has 0 amide bonds. The number of rotatable bonds is 3. The Balaban J connectivity index is 3.02. The van der Waals surface area contributed by atoms with Crippen molar-refractivity contribution in [2.75, 3.05) is 0 Å². The molecule has 0 N–H and O–H groups in total. The van der Waals surface area contributed by atoms with Crippen LogP contribution in [-0.4, -0.2) is 4.98 Å². The van der Waals surface area contributed by atoms with Crippen LogP contribution in [0.3, 0.4) is 0 Å². The zero-order valence-electron chi connectivity index (χ0n) is 9.96. The van der Waals surface area contributed by atoms with E-state index in [2.05, 4.69) is 45.7 Å². The highest BCUT2D eigenvalue weighted by atomic mass is 14.7. The van der Waals surface area contributed by atoms with Crippen LogP contribution in [0.15, 0.2) is 12.3 Å². The van der Waals surface area contributed by atoms with Crippen LogP contribution in [0.4, 0.5) is 0 Å². The second-order valence-corrected chi connectivity index (χ2v) is 4.78. The molecule has 1 rings (SSSR count). The Morgan fingerprint density at radius 1 is 1.21 bits per heavy atom. The van der Waals surface area contributed by atoms with Crippen molar-refractivity contribution in [2.45, 2.75) is 47.0 Å². The van der Waals surface area contributed by atoms with E-state index >= 15 is 0 Å². The fourth-order valence-corrected chi connectivity index (χ4v) is 1.76. The second-order valence-electron chi connectivity index (χ2n) is 4.78. The van der Waals surface area contributed by atoms with Gasteiger partial charge in [0.2, 0.25) is 0 Å². The standard InChI is InChI=1S/C13H21N/c1-9(2)6-12-8-14-11(5)7-13(12)10(3)4/h7-10H,6H2,1-5H3. The maximum atomic E-state index is 4.38. The van der Waals surface area contributed by atoms with Gasteiger partial charge >= 0.3 is 0 Å². The third-order valence-corrected chi connectivity index (χ3v) is 2.41. The van der Waals surface area contributed by atoms with Crippen LogP contribution in [0.1, 0.15) is 50.4 Å². The Kier molecular flexibility index (Phi) is 3.68. The summed E-state index contributed by atoms with van der Waals surface area (Å²) < 4.78 is 0. The van der Waals surface area contributed by atoms with Gasteiger partial charge in [-0.3, -0.25) is 4.98 Å². The molecular formula is C13H21N. The highest BCUT2D eigenvalue weighted by molar-refractivity contribution is 5.29. The molecule has 0 atom stereocenters. The quantitative estimate of drug-likeness (QED) is 0.709. The number of aromatic nitrogens is 1. The van der Waals surface area contributed by atoms with Crippen molar-refractivity contribution in [1.82, 2.24) is 4.98 Å². The van der Waals surface area contributed by atoms with Crippen LogP contribution < -0.4 is 0 Å². The topological polar surface area (TPSA) is 12.9 Å². The minimum atomic E-state index is 0.602. The van der Waals surface area contributed by atoms with Gasteiger partial charge in [-0.25, -0.2) is 0 Å². The maximum Gasteiger partial charge on any atom is 0.0375 e. The molecule has 0 aliphatic heterocycles. The molecule has 78 valence electrons. The largest absolute Gasteiger partial charge is 0.261 e. The van der Waals surface area contributed by atoms with E-state index in [4.69, 9.17) is 0 Å². The minimum Gasteiger partial charge on any atom is -0.261 e. The fourth-order valence-electron chi connectivity index (χ4n) is 1.76. The zero-order chi connectivity index (χ0) is 10.7. The van der Waals surface area contributed by atoms with Gasteiger partial charge in [-0.15, -0.1) is 0 Å². The SMILES string of the molecule is Cc1cc(C(C)C)c(CC(C)C)cn1. The summed E-state index contributed by atoms with van der Waals surface area (Å²) in [6.07, 6.45) is 3.19. The first kappa shape index (κ1) is 11.2. The molecule has 0 spiro atoms. The molecule has 0 fully saturated rings. The molecular weight excluding hydrogens is 170 g/mol. The van der Waals surface area contributed by atoms with E-state index in [1.54, 1.807) is 0 Å². The minimum absolute atomic E-state index is 0.602. The normalized spacial score (nSPS) is 11.4. The fraction of sp³-hybridized carbons (Fsp3) is 0.615. The molecule has 0 aliphatic rings. The van der Waals surface area contributed by atoms with E-state index < -0.39 is 0 Å². The molecule has 1 heterocycles. The lowest BCUT2D eigenvalue weighted by atomic mass is 9.93. The lowest BCUT2D eigenvalue weighted by molar-refractivity contribution is 0.636. The van der Waals surface area contributed by atoms with Gasteiger partial charge in [-0.05, 0) is 42.4 Å². The molecule has 0 saturated heterocycles. The van der Waals surface area contributed by atoms with Gasteiger partial charge < -0.3 is 0 Å². The van der Waals surface area contributed by atoms with Gasteiger partial charge in [-0.2, -0.15) is 0 Å². The molecule has 14 heavy (non-hydrogen) atoms. The van der Waals surface area contributed by atoms with Gasteiger partial charge in [-0.1, -0.05) is 27.7 Å². The molecule has 1 nitrogen and oxygen atoms in total. The van der Waals surface area contributed by atoms with Crippen molar-refractivity contribution >= 4 is 0 Å². The van der Waals surface area contributed by atoms with Crippen molar-refractivity contribution in [3.63, 3.8) is 0 Å². The first-order valence-electron chi connectivity index (χ1n) is 5.46. The third-order valence-electron chi connectivity index (χ3n) is 2.41. The number of pyridine rings is 1. The van der Waals surface area contributed by atoms with Crippen LogP contribution in [0.25, 0.3) is 0 Å². The highest BCUT2D eigenvalue weighted by Crippen LogP contribution is 2.21. The lowest BCUT2D eigenvalue weighted by Crippen LogP contribution is -2.02. The van der Waals surface area contributed by atoms with Gasteiger partial charge in [0.25, 0.3) is 0 Å². The zero-order valence-corrected chi connectivity index (χ0v) is 9.96. The first-order valence-corrected chi connectivity index (χ1v) is 5.46. The van der Waals surface area contributed by atoms with Crippen molar-refractivity contribution in [3.05, 3.63) is 29.1 Å². The summed E-state index contributed by atoms with van der Waals surface area (Å²) in [5.41, 5.74) is 4.01. The molecule has 1 heteroatoms. The van der Waals surface area contributed by atoms with Crippen molar-refractivity contribution in [3.8, 4) is 0 Å². The number of hydrogen-bond acceptors (Lipinski definition) is 1. The lowest BCUT2D eigenvalue weighted by Gasteiger charge is -2.14. The molecule has 0 radical (unpaired) electrons. The second kappa shape index (κ2) is 4.59. The van der Waals surface area contributed by atoms with Gasteiger partial charge in [0.15, 0.2) is 0 Å². The summed E-state index contributed by atoms with van der Waals surface area (Å²) in [7, 11) is 0. The summed E-state index contributed by atoms with van der Waals surface area (Å²) >= 11 is 0. The summed E-state index contributed by atoms with van der Waals surface area (Å²) in [5.74, 6) is 1.31. The Labute approximate surface area is 87.6 Å². The Hall–Kier alpha value is -0.850. The molecule has 1 aromatic heterocycles. The van der Waals surface area contributed by atoms with Crippen LogP contribution in [0.2, 0.25) is 0 Å². The van der Waals surface area contributed by atoms with Crippen molar-refractivity contribution in [1.29, 1.82) is 0 Å². The van der Waals surface area contributed by atoms with Crippen molar-refractivity contribution < 1.29 is 0 Å². The van der Waals surface area contributed by atoms with Crippen LogP contribution >= 0.6 is 0 Å². The first-order chi connectivity index (χ1) is 6.50. The Morgan fingerprint density at radius 2 is 1.86 bits per heavy atom. The Bertz CT molecular complexity index is 300. The van der Waals surface area contributed by atoms with E-state index in [9.17, 15) is 0 Å². The smallest absolute Gasteiger partial charge is 0.0375 e. The number of aryl methyl sites for hydroxylation is 1. The average Bonchev–Trinajstić information content (AvgIpc) is 2.07. The van der Waals surface area contributed by atoms with E-state index in [0.29, 0.717) is 11.8 Å². The predicted molar refractivity (Wildman–Crippen MR) is 61.6 cm³/mol. The molecule has 0 bridgehead atoms.